The van der Waals surface area contributed by atoms with Crippen molar-refractivity contribution in [3.63, 3.8) is 0 Å². The van der Waals surface area contributed by atoms with Gasteiger partial charge in [-0.25, -0.2) is 4.98 Å². The summed E-state index contributed by atoms with van der Waals surface area (Å²) >= 11 is 0. The Morgan fingerprint density at radius 3 is 2.27 bits per heavy atom. The summed E-state index contributed by atoms with van der Waals surface area (Å²) in [6, 6.07) is 20.7. The van der Waals surface area contributed by atoms with Crippen LogP contribution in [0.15, 0.2) is 66.7 Å². The second kappa shape index (κ2) is 6.37. The van der Waals surface area contributed by atoms with Crippen LogP contribution in [0, 0.1) is 0 Å². The second-order valence-corrected chi connectivity index (χ2v) is 6.12. The Labute approximate surface area is 150 Å². The van der Waals surface area contributed by atoms with E-state index >= 15 is 0 Å². The third kappa shape index (κ3) is 3.15. The maximum absolute atomic E-state index is 11.1. The highest BCUT2D eigenvalue weighted by molar-refractivity contribution is 5.89. The fourth-order valence-electron chi connectivity index (χ4n) is 2.89. The monoisotopic (exact) mass is 343 g/mol. The van der Waals surface area contributed by atoms with Crippen LogP contribution in [0.2, 0.25) is 0 Å². The first-order valence-corrected chi connectivity index (χ1v) is 8.26. The van der Waals surface area contributed by atoms with Crippen LogP contribution in [-0.2, 0) is 4.79 Å². The van der Waals surface area contributed by atoms with Crippen LogP contribution >= 0.6 is 0 Å². The first-order chi connectivity index (χ1) is 12.6. The van der Waals surface area contributed by atoms with Crippen molar-refractivity contribution in [2.24, 2.45) is 0 Å². The Bertz CT molecular complexity index is 1080. The quantitative estimate of drug-likeness (QED) is 0.510. The molecule has 1 heterocycles. The zero-order chi connectivity index (χ0) is 18.1. The van der Waals surface area contributed by atoms with Gasteiger partial charge in [0.15, 0.2) is 0 Å². The molecule has 26 heavy (non-hydrogen) atoms. The SMILES string of the molecule is CC(=O)Nc1ccc(-c2nc3ccc(-c4ccc(O)cc4)cc3[nH]2)cc1. The van der Waals surface area contributed by atoms with Gasteiger partial charge >= 0.3 is 0 Å². The summed E-state index contributed by atoms with van der Waals surface area (Å²) in [5.74, 6) is 0.932. The van der Waals surface area contributed by atoms with Gasteiger partial charge in [-0.3, -0.25) is 4.79 Å². The van der Waals surface area contributed by atoms with Gasteiger partial charge in [0.2, 0.25) is 5.91 Å². The lowest BCUT2D eigenvalue weighted by molar-refractivity contribution is -0.114. The van der Waals surface area contributed by atoms with E-state index in [2.05, 4.69) is 15.3 Å². The maximum atomic E-state index is 11.1. The first kappa shape index (κ1) is 15.9. The lowest BCUT2D eigenvalue weighted by atomic mass is 10.1. The van der Waals surface area contributed by atoms with Gasteiger partial charge in [-0.1, -0.05) is 18.2 Å². The van der Waals surface area contributed by atoms with Gasteiger partial charge in [0, 0.05) is 18.2 Å². The summed E-state index contributed by atoms with van der Waals surface area (Å²) in [6.07, 6.45) is 0. The summed E-state index contributed by atoms with van der Waals surface area (Å²) in [4.78, 5) is 19.1. The summed E-state index contributed by atoms with van der Waals surface area (Å²) in [5.41, 5.74) is 5.60. The molecular formula is C21H17N3O2. The van der Waals surface area contributed by atoms with Crippen LogP contribution in [-0.4, -0.2) is 21.0 Å². The van der Waals surface area contributed by atoms with Gasteiger partial charge in [0.25, 0.3) is 0 Å². The van der Waals surface area contributed by atoms with E-state index in [0.29, 0.717) is 0 Å². The number of nitrogens with zero attached hydrogens (tertiary/aromatic N) is 1. The molecule has 0 unspecified atom stereocenters. The summed E-state index contributed by atoms with van der Waals surface area (Å²) in [5, 5.41) is 12.2. The summed E-state index contributed by atoms with van der Waals surface area (Å²) in [6.45, 7) is 1.48. The number of hydrogen-bond acceptors (Lipinski definition) is 3. The van der Waals surface area contributed by atoms with Gasteiger partial charge in [0.1, 0.15) is 11.6 Å². The number of benzene rings is 3. The Kier molecular flexibility index (Phi) is 3.89. The van der Waals surface area contributed by atoms with E-state index in [-0.39, 0.29) is 11.7 Å². The van der Waals surface area contributed by atoms with Crippen LogP contribution in [0.3, 0.4) is 0 Å². The molecule has 3 N–H and O–H groups in total. The highest BCUT2D eigenvalue weighted by Crippen LogP contribution is 2.27. The molecule has 0 atom stereocenters. The summed E-state index contributed by atoms with van der Waals surface area (Å²) < 4.78 is 0. The Hall–Kier alpha value is -3.60. The van der Waals surface area contributed by atoms with Crippen LogP contribution in [0.25, 0.3) is 33.5 Å². The van der Waals surface area contributed by atoms with Crippen LogP contribution < -0.4 is 5.32 Å². The third-order valence-corrected chi connectivity index (χ3v) is 4.16. The minimum absolute atomic E-state index is 0.0942. The van der Waals surface area contributed by atoms with E-state index in [1.807, 2.05) is 54.6 Å². The number of imidazole rings is 1. The van der Waals surface area contributed by atoms with E-state index < -0.39 is 0 Å². The van der Waals surface area contributed by atoms with E-state index in [0.717, 1.165) is 39.2 Å². The third-order valence-electron chi connectivity index (χ3n) is 4.16. The molecule has 3 aromatic carbocycles. The zero-order valence-corrected chi connectivity index (χ0v) is 14.2. The molecule has 0 aliphatic heterocycles. The number of aromatic nitrogens is 2. The van der Waals surface area contributed by atoms with Crippen molar-refractivity contribution in [1.29, 1.82) is 0 Å². The first-order valence-electron chi connectivity index (χ1n) is 8.26. The van der Waals surface area contributed by atoms with Crippen molar-refractivity contribution < 1.29 is 9.90 Å². The van der Waals surface area contributed by atoms with E-state index in [9.17, 15) is 9.90 Å². The smallest absolute Gasteiger partial charge is 0.221 e. The number of H-pyrrole nitrogens is 1. The molecule has 0 saturated carbocycles. The van der Waals surface area contributed by atoms with E-state index in [1.54, 1.807) is 12.1 Å². The van der Waals surface area contributed by atoms with Crippen molar-refractivity contribution in [3.8, 4) is 28.3 Å². The number of carbonyl (C=O) groups is 1. The minimum Gasteiger partial charge on any atom is -0.508 e. The number of aromatic hydroxyl groups is 1. The van der Waals surface area contributed by atoms with Crippen LogP contribution in [0.5, 0.6) is 5.75 Å². The molecule has 1 aromatic heterocycles. The number of hydrogen-bond donors (Lipinski definition) is 3. The Morgan fingerprint density at radius 1 is 0.923 bits per heavy atom. The number of rotatable bonds is 3. The van der Waals surface area contributed by atoms with Gasteiger partial charge in [-0.2, -0.15) is 0 Å². The van der Waals surface area contributed by atoms with Crippen molar-refractivity contribution in [2.75, 3.05) is 5.32 Å². The molecule has 128 valence electrons. The molecule has 4 rings (SSSR count). The minimum atomic E-state index is -0.0942. The number of aromatic amines is 1. The van der Waals surface area contributed by atoms with E-state index in [1.165, 1.54) is 6.92 Å². The molecular weight excluding hydrogens is 326 g/mol. The highest BCUT2D eigenvalue weighted by Gasteiger charge is 2.07. The molecule has 0 aliphatic rings. The number of anilines is 1. The number of carbonyl (C=O) groups excluding carboxylic acids is 1. The molecule has 0 spiro atoms. The second-order valence-electron chi connectivity index (χ2n) is 6.12. The van der Waals surface area contributed by atoms with Crippen molar-refractivity contribution in [1.82, 2.24) is 9.97 Å². The molecule has 0 aliphatic carbocycles. The van der Waals surface area contributed by atoms with Gasteiger partial charge in [0.05, 0.1) is 11.0 Å². The van der Waals surface area contributed by atoms with Crippen molar-refractivity contribution >= 4 is 22.6 Å². The van der Waals surface area contributed by atoms with Gasteiger partial charge in [-0.15, -0.1) is 0 Å². The predicted octanol–water partition coefficient (Wildman–Crippen LogP) is 4.56. The fraction of sp³-hybridized carbons (Fsp3) is 0.0476. The average molecular weight is 343 g/mol. The molecule has 0 fully saturated rings. The number of phenols is 1. The molecule has 0 radical (unpaired) electrons. The largest absolute Gasteiger partial charge is 0.508 e. The molecule has 4 aromatic rings. The molecule has 0 bridgehead atoms. The standard InChI is InChI=1S/C21H17N3O2/c1-13(25)22-17-7-2-15(3-8-17)21-23-19-11-6-16(12-20(19)24-21)14-4-9-18(26)10-5-14/h2-12,26H,1H3,(H,22,25)(H,23,24). The lowest BCUT2D eigenvalue weighted by Gasteiger charge is -2.02. The maximum Gasteiger partial charge on any atom is 0.221 e. The topological polar surface area (TPSA) is 78.0 Å². The molecule has 5 nitrogen and oxygen atoms in total. The fourth-order valence-corrected chi connectivity index (χ4v) is 2.89. The Morgan fingerprint density at radius 2 is 1.58 bits per heavy atom. The normalized spacial score (nSPS) is 10.8. The molecule has 0 saturated heterocycles. The number of nitrogens with one attached hydrogen (secondary N) is 2. The number of fused-ring (bicyclic) bond motifs is 1. The number of amides is 1. The van der Waals surface area contributed by atoms with Crippen molar-refractivity contribution in [2.45, 2.75) is 6.92 Å². The summed E-state index contributed by atoms with van der Waals surface area (Å²) in [7, 11) is 0. The molecule has 1 amide bonds. The molecule has 5 heteroatoms. The highest BCUT2D eigenvalue weighted by atomic mass is 16.3. The van der Waals surface area contributed by atoms with Crippen molar-refractivity contribution in [3.05, 3.63) is 66.7 Å². The average Bonchev–Trinajstić information content (AvgIpc) is 3.05. The number of phenolic OH excluding ortho intramolecular Hbond substituents is 1. The lowest BCUT2D eigenvalue weighted by Crippen LogP contribution is -2.05. The van der Waals surface area contributed by atoms with Crippen LogP contribution in [0.1, 0.15) is 6.92 Å². The Balaban J connectivity index is 1.67. The van der Waals surface area contributed by atoms with Crippen LogP contribution in [0.4, 0.5) is 5.69 Å². The zero-order valence-electron chi connectivity index (χ0n) is 14.2. The van der Waals surface area contributed by atoms with Gasteiger partial charge < -0.3 is 15.4 Å². The van der Waals surface area contributed by atoms with Gasteiger partial charge in [-0.05, 0) is 59.7 Å². The predicted molar refractivity (Wildman–Crippen MR) is 103 cm³/mol. The van der Waals surface area contributed by atoms with E-state index in [4.69, 9.17) is 0 Å².